The highest BCUT2D eigenvalue weighted by Gasteiger charge is 2.25. The number of hydrogen-bond donors (Lipinski definition) is 1. The van der Waals surface area contributed by atoms with Crippen LogP contribution in [0.2, 0.25) is 0 Å². The summed E-state index contributed by atoms with van der Waals surface area (Å²) >= 11 is 0. The molecule has 0 spiro atoms. The maximum Gasteiger partial charge on any atom is 0.404 e. The van der Waals surface area contributed by atoms with Gasteiger partial charge in [-0.15, -0.1) is 0 Å². The van der Waals surface area contributed by atoms with Crippen molar-refractivity contribution in [1.82, 2.24) is 10.2 Å². The number of aromatic nitrogens is 2. The van der Waals surface area contributed by atoms with E-state index in [1.807, 2.05) is 0 Å². The van der Waals surface area contributed by atoms with E-state index in [0.717, 1.165) is 0 Å². The van der Waals surface area contributed by atoms with Gasteiger partial charge in [-0.1, -0.05) is 6.07 Å². The van der Waals surface area contributed by atoms with Gasteiger partial charge in [0, 0.05) is 6.07 Å². The molecule has 0 bridgehead atoms. The summed E-state index contributed by atoms with van der Waals surface area (Å²) in [6.45, 7) is 0. The Labute approximate surface area is 81.8 Å². The molecule has 8 nitrogen and oxygen atoms in total. The third-order valence-electron chi connectivity index (χ3n) is 1.92. The van der Waals surface area contributed by atoms with E-state index < -0.39 is 15.7 Å². The van der Waals surface area contributed by atoms with E-state index in [9.17, 15) is 20.2 Å². The number of rotatable bonds is 2. The summed E-state index contributed by atoms with van der Waals surface area (Å²) in [5.74, 6) is -0.530. The average Bonchev–Trinajstić information content (AvgIpc) is 2.60. The second-order valence-electron chi connectivity index (χ2n) is 2.76. The van der Waals surface area contributed by atoms with Crippen molar-refractivity contribution in [3.8, 4) is 0 Å². The molecule has 15 heavy (non-hydrogen) atoms. The number of hydrogen-bond acceptors (Lipinski definition) is 5. The molecule has 0 aliphatic rings. The van der Waals surface area contributed by atoms with Gasteiger partial charge in [-0.05, 0) is 11.0 Å². The minimum Gasteiger partial charge on any atom is -0.358 e. The predicted molar refractivity (Wildman–Crippen MR) is 49.4 cm³/mol. The van der Waals surface area contributed by atoms with Crippen LogP contribution in [0, 0.1) is 20.2 Å². The van der Waals surface area contributed by atoms with Gasteiger partial charge in [0.1, 0.15) is 5.52 Å². The Balaban J connectivity index is 2.86. The third-order valence-corrected chi connectivity index (χ3v) is 1.92. The number of benzene rings is 1. The smallest absolute Gasteiger partial charge is 0.358 e. The Bertz CT molecular complexity index is 561. The Morgan fingerprint density at radius 1 is 1.20 bits per heavy atom. The van der Waals surface area contributed by atoms with Crippen molar-refractivity contribution in [2.45, 2.75) is 0 Å². The second kappa shape index (κ2) is 3.01. The number of H-pyrrole nitrogens is 1. The van der Waals surface area contributed by atoms with Crippen molar-refractivity contribution in [2.75, 3.05) is 0 Å². The molecule has 1 aromatic heterocycles. The lowest BCUT2D eigenvalue weighted by atomic mass is 10.2. The summed E-state index contributed by atoms with van der Waals surface area (Å²) in [6, 6.07) is 4.12. The van der Waals surface area contributed by atoms with Gasteiger partial charge in [-0.2, -0.15) is 5.10 Å². The summed E-state index contributed by atoms with van der Waals surface area (Å²) < 4.78 is 0. The maximum absolute atomic E-state index is 10.6. The molecule has 0 amide bonds. The average molecular weight is 208 g/mol. The lowest BCUT2D eigenvalue weighted by Gasteiger charge is -1.92. The molecule has 1 N–H and O–H groups in total. The molecule has 0 saturated heterocycles. The van der Waals surface area contributed by atoms with Crippen LogP contribution in [0.15, 0.2) is 18.2 Å². The normalized spacial score (nSPS) is 10.4. The zero-order valence-electron chi connectivity index (χ0n) is 7.21. The zero-order valence-corrected chi connectivity index (χ0v) is 7.21. The molecule has 2 aromatic rings. The number of aromatic amines is 1. The first-order chi connectivity index (χ1) is 7.11. The van der Waals surface area contributed by atoms with Gasteiger partial charge >= 0.3 is 5.82 Å². The highest BCUT2D eigenvalue weighted by Crippen LogP contribution is 2.30. The van der Waals surface area contributed by atoms with Crippen molar-refractivity contribution in [2.24, 2.45) is 0 Å². The maximum atomic E-state index is 10.6. The molecule has 0 fully saturated rings. The Morgan fingerprint density at radius 3 is 2.53 bits per heavy atom. The fourth-order valence-electron chi connectivity index (χ4n) is 1.32. The molecule has 0 radical (unpaired) electrons. The molecule has 0 unspecified atom stereocenters. The number of nitro groups is 2. The second-order valence-corrected chi connectivity index (χ2v) is 2.76. The van der Waals surface area contributed by atoms with Crippen LogP contribution in [0.5, 0.6) is 0 Å². The highest BCUT2D eigenvalue weighted by atomic mass is 16.6. The standard InChI is InChI=1S/C7H4N4O4/c12-10(13)5-3-1-2-4-6(5)7(9-8-4)11(14)15/h1-3H,(H,8,9). The van der Waals surface area contributed by atoms with E-state index in [4.69, 9.17) is 0 Å². The van der Waals surface area contributed by atoms with Crippen molar-refractivity contribution in [3.05, 3.63) is 38.4 Å². The summed E-state index contributed by atoms with van der Waals surface area (Å²) in [7, 11) is 0. The summed E-state index contributed by atoms with van der Waals surface area (Å²) in [5.41, 5.74) is -0.0520. The molecule has 0 aliphatic carbocycles. The fourth-order valence-corrected chi connectivity index (χ4v) is 1.32. The van der Waals surface area contributed by atoms with Crippen molar-refractivity contribution in [1.29, 1.82) is 0 Å². The Kier molecular flexibility index (Phi) is 1.82. The number of non-ortho nitro benzene ring substituents is 1. The van der Waals surface area contributed by atoms with Gasteiger partial charge in [-0.3, -0.25) is 10.1 Å². The first-order valence-electron chi connectivity index (χ1n) is 3.87. The first-order valence-corrected chi connectivity index (χ1v) is 3.87. The van der Waals surface area contributed by atoms with E-state index in [1.54, 1.807) is 0 Å². The van der Waals surface area contributed by atoms with Crippen LogP contribution in [0.1, 0.15) is 0 Å². The summed E-state index contributed by atoms with van der Waals surface area (Å²) in [6.07, 6.45) is 0. The molecule has 1 heterocycles. The lowest BCUT2D eigenvalue weighted by molar-refractivity contribution is -0.392. The lowest BCUT2D eigenvalue weighted by Crippen LogP contribution is -1.92. The summed E-state index contributed by atoms with van der Waals surface area (Å²) in [5, 5.41) is 26.9. The van der Waals surface area contributed by atoms with Crippen LogP contribution in [0.4, 0.5) is 11.5 Å². The topological polar surface area (TPSA) is 115 Å². The van der Waals surface area contributed by atoms with Crippen molar-refractivity contribution >= 4 is 22.4 Å². The van der Waals surface area contributed by atoms with Crippen LogP contribution >= 0.6 is 0 Å². The molecule has 0 aliphatic heterocycles. The molecular weight excluding hydrogens is 204 g/mol. The van der Waals surface area contributed by atoms with Gasteiger partial charge in [-0.25, -0.2) is 0 Å². The quantitative estimate of drug-likeness (QED) is 0.591. The van der Waals surface area contributed by atoms with E-state index in [2.05, 4.69) is 10.2 Å². The first kappa shape index (κ1) is 9.06. The van der Waals surface area contributed by atoms with Gasteiger partial charge in [0.05, 0.1) is 10.0 Å². The summed E-state index contributed by atoms with van der Waals surface area (Å²) in [4.78, 5) is 19.7. The van der Waals surface area contributed by atoms with Gasteiger partial charge in [0.25, 0.3) is 5.69 Å². The molecule has 0 saturated carbocycles. The monoisotopic (exact) mass is 208 g/mol. The molecule has 2 rings (SSSR count). The third kappa shape index (κ3) is 1.27. The molecular formula is C7H4N4O4. The van der Waals surface area contributed by atoms with Gasteiger partial charge < -0.3 is 10.1 Å². The molecule has 0 atom stereocenters. The Hall–Kier alpha value is -2.51. The Morgan fingerprint density at radius 2 is 1.93 bits per heavy atom. The number of nitrogens with zero attached hydrogens (tertiary/aromatic N) is 3. The number of nitrogens with one attached hydrogen (secondary N) is 1. The molecule has 1 aromatic carbocycles. The fraction of sp³-hybridized carbons (Fsp3) is 0. The minimum absolute atomic E-state index is 0.0764. The van der Waals surface area contributed by atoms with E-state index in [1.165, 1.54) is 18.2 Å². The SMILES string of the molecule is O=[N+]([O-])c1cccc2[nH]nc([N+](=O)[O-])c12. The largest absolute Gasteiger partial charge is 0.404 e. The van der Waals surface area contributed by atoms with Crippen molar-refractivity contribution < 1.29 is 9.85 Å². The highest BCUT2D eigenvalue weighted by molar-refractivity contribution is 5.94. The van der Waals surface area contributed by atoms with Crippen LogP contribution in [0.25, 0.3) is 10.9 Å². The van der Waals surface area contributed by atoms with E-state index >= 15 is 0 Å². The van der Waals surface area contributed by atoms with Gasteiger partial charge in [0.2, 0.25) is 0 Å². The minimum atomic E-state index is -0.758. The van der Waals surface area contributed by atoms with Crippen LogP contribution in [-0.4, -0.2) is 20.0 Å². The van der Waals surface area contributed by atoms with E-state index in [0.29, 0.717) is 0 Å². The number of fused-ring (bicyclic) bond motifs is 1. The molecule has 8 heteroatoms. The van der Waals surface area contributed by atoms with E-state index in [-0.39, 0.29) is 16.6 Å². The van der Waals surface area contributed by atoms with Crippen molar-refractivity contribution in [3.63, 3.8) is 0 Å². The predicted octanol–water partition coefficient (Wildman–Crippen LogP) is 1.38. The number of nitro benzene ring substituents is 1. The van der Waals surface area contributed by atoms with Crippen LogP contribution < -0.4 is 0 Å². The zero-order chi connectivity index (χ0) is 11.0. The van der Waals surface area contributed by atoms with Crippen LogP contribution in [-0.2, 0) is 0 Å². The van der Waals surface area contributed by atoms with Gasteiger partial charge in [0.15, 0.2) is 5.39 Å². The molecule has 76 valence electrons. The van der Waals surface area contributed by atoms with Crippen LogP contribution in [0.3, 0.4) is 0 Å².